The molecule has 0 saturated carbocycles. The van der Waals surface area contributed by atoms with Gasteiger partial charge in [0.25, 0.3) is 0 Å². The van der Waals surface area contributed by atoms with Gasteiger partial charge >= 0.3 is 6.03 Å². The van der Waals surface area contributed by atoms with Crippen LogP contribution in [0.5, 0.6) is 0 Å². The molecule has 24 heavy (non-hydrogen) atoms. The number of fused-ring (bicyclic) bond motifs is 1. The molecule has 1 aromatic carbocycles. The summed E-state index contributed by atoms with van der Waals surface area (Å²) in [5.74, 6) is 1.44. The molecule has 2 atom stereocenters. The highest BCUT2D eigenvalue weighted by Crippen LogP contribution is 2.36. The van der Waals surface area contributed by atoms with Crippen LogP contribution in [0.4, 0.5) is 9.18 Å². The highest BCUT2D eigenvalue weighted by Gasteiger charge is 2.23. The van der Waals surface area contributed by atoms with E-state index < -0.39 is 0 Å². The van der Waals surface area contributed by atoms with Crippen LogP contribution >= 0.6 is 11.8 Å². The Morgan fingerprint density at radius 3 is 3.12 bits per heavy atom. The fourth-order valence-electron chi connectivity index (χ4n) is 3.54. The minimum Gasteiger partial charge on any atom is -0.337 e. The van der Waals surface area contributed by atoms with Crippen LogP contribution in [0, 0.1) is 11.7 Å². The molecule has 0 aromatic heterocycles. The van der Waals surface area contributed by atoms with Gasteiger partial charge in [0.05, 0.1) is 6.04 Å². The lowest BCUT2D eigenvalue weighted by Crippen LogP contribution is -2.44. The van der Waals surface area contributed by atoms with Gasteiger partial charge < -0.3 is 15.5 Å². The van der Waals surface area contributed by atoms with Gasteiger partial charge in [0.15, 0.2) is 0 Å². The highest BCUT2D eigenvalue weighted by molar-refractivity contribution is 7.99. The Bertz CT molecular complexity index is 583. The van der Waals surface area contributed by atoms with Gasteiger partial charge in [-0.25, -0.2) is 9.18 Å². The SMILES string of the molecule is C[C@@H]1CCCN(CCNC(=O)N[C@@H]2CCSc3ccc(F)cc32)C1. The molecule has 3 rings (SSSR count). The van der Waals surface area contributed by atoms with Crippen LogP contribution in [0.1, 0.15) is 37.8 Å². The number of rotatable bonds is 4. The van der Waals surface area contributed by atoms with E-state index in [1.165, 1.54) is 18.9 Å². The predicted molar refractivity (Wildman–Crippen MR) is 95.9 cm³/mol. The van der Waals surface area contributed by atoms with Crippen LogP contribution < -0.4 is 10.6 Å². The van der Waals surface area contributed by atoms with Crippen molar-refractivity contribution in [2.45, 2.75) is 37.1 Å². The quantitative estimate of drug-likeness (QED) is 0.874. The number of piperidine rings is 1. The maximum Gasteiger partial charge on any atom is 0.315 e. The van der Waals surface area contributed by atoms with Gasteiger partial charge in [-0.15, -0.1) is 11.8 Å². The normalized spacial score (nSPS) is 24.2. The van der Waals surface area contributed by atoms with E-state index in [0.29, 0.717) is 6.54 Å². The second-order valence-electron chi connectivity index (χ2n) is 6.82. The second kappa shape index (κ2) is 8.21. The van der Waals surface area contributed by atoms with E-state index >= 15 is 0 Å². The van der Waals surface area contributed by atoms with Crippen LogP contribution in [0.3, 0.4) is 0 Å². The molecule has 2 heterocycles. The molecular weight excluding hydrogens is 325 g/mol. The Morgan fingerprint density at radius 1 is 1.42 bits per heavy atom. The van der Waals surface area contributed by atoms with Crippen molar-refractivity contribution in [2.75, 3.05) is 31.9 Å². The number of likely N-dealkylation sites (tertiary alicyclic amines) is 1. The minimum absolute atomic E-state index is 0.105. The first-order valence-electron chi connectivity index (χ1n) is 8.81. The molecule has 2 N–H and O–H groups in total. The molecule has 1 saturated heterocycles. The van der Waals surface area contributed by atoms with Crippen molar-refractivity contribution in [1.82, 2.24) is 15.5 Å². The summed E-state index contributed by atoms with van der Waals surface area (Å²) in [6, 6.07) is 4.56. The Labute approximate surface area is 147 Å². The van der Waals surface area contributed by atoms with Crippen LogP contribution in [-0.4, -0.2) is 42.9 Å². The molecule has 0 radical (unpaired) electrons. The molecule has 2 aliphatic heterocycles. The summed E-state index contributed by atoms with van der Waals surface area (Å²) < 4.78 is 13.5. The molecule has 132 valence electrons. The molecular formula is C18H26FN3OS. The second-order valence-corrected chi connectivity index (χ2v) is 7.96. The van der Waals surface area contributed by atoms with Crippen molar-refractivity contribution in [3.8, 4) is 0 Å². The van der Waals surface area contributed by atoms with Crippen molar-refractivity contribution in [3.05, 3.63) is 29.6 Å². The number of amides is 2. The zero-order chi connectivity index (χ0) is 16.9. The molecule has 1 fully saturated rings. The molecule has 2 aliphatic rings. The van der Waals surface area contributed by atoms with Gasteiger partial charge in [-0.05, 0) is 55.5 Å². The maximum atomic E-state index is 13.5. The van der Waals surface area contributed by atoms with Gasteiger partial charge in [-0.3, -0.25) is 0 Å². The van der Waals surface area contributed by atoms with E-state index in [2.05, 4.69) is 22.5 Å². The summed E-state index contributed by atoms with van der Waals surface area (Å²) in [5, 5.41) is 5.95. The first-order chi connectivity index (χ1) is 11.6. The van der Waals surface area contributed by atoms with Crippen molar-refractivity contribution < 1.29 is 9.18 Å². The molecule has 0 unspecified atom stereocenters. The molecule has 0 spiro atoms. The number of carbonyl (C=O) groups excluding carboxylic acids is 1. The number of carbonyl (C=O) groups is 1. The Morgan fingerprint density at radius 2 is 2.29 bits per heavy atom. The van der Waals surface area contributed by atoms with Gasteiger partial charge in [-0.1, -0.05) is 6.92 Å². The van der Waals surface area contributed by atoms with Gasteiger partial charge in [0, 0.05) is 30.3 Å². The summed E-state index contributed by atoms with van der Waals surface area (Å²) in [7, 11) is 0. The van der Waals surface area contributed by atoms with E-state index in [0.717, 1.165) is 48.2 Å². The average Bonchev–Trinajstić information content (AvgIpc) is 2.55. The maximum absolute atomic E-state index is 13.5. The predicted octanol–water partition coefficient (Wildman–Crippen LogP) is 3.39. The molecule has 0 aliphatic carbocycles. The fourth-order valence-corrected chi connectivity index (χ4v) is 4.65. The van der Waals surface area contributed by atoms with Crippen molar-refractivity contribution in [2.24, 2.45) is 5.92 Å². The number of urea groups is 1. The topological polar surface area (TPSA) is 44.4 Å². The number of nitrogens with one attached hydrogen (secondary N) is 2. The van der Waals surface area contributed by atoms with E-state index in [4.69, 9.17) is 0 Å². The lowest BCUT2D eigenvalue weighted by atomic mass is 10.0. The van der Waals surface area contributed by atoms with Crippen LogP contribution in [0.25, 0.3) is 0 Å². The molecule has 6 heteroatoms. The summed E-state index contributed by atoms with van der Waals surface area (Å²) in [5.41, 5.74) is 0.895. The Hall–Kier alpha value is -1.27. The van der Waals surface area contributed by atoms with Gasteiger partial charge in [-0.2, -0.15) is 0 Å². The van der Waals surface area contributed by atoms with Crippen LogP contribution in [0.15, 0.2) is 23.1 Å². The van der Waals surface area contributed by atoms with Crippen molar-refractivity contribution in [1.29, 1.82) is 0 Å². The van der Waals surface area contributed by atoms with E-state index in [1.54, 1.807) is 23.9 Å². The average molecular weight is 351 g/mol. The number of nitrogens with zero attached hydrogens (tertiary/aromatic N) is 1. The summed E-state index contributed by atoms with van der Waals surface area (Å²) in [6.45, 7) is 6.07. The molecule has 1 aromatic rings. The minimum atomic E-state index is -0.248. The monoisotopic (exact) mass is 351 g/mol. The van der Waals surface area contributed by atoms with E-state index in [-0.39, 0.29) is 17.9 Å². The van der Waals surface area contributed by atoms with Gasteiger partial charge in [0.2, 0.25) is 0 Å². The van der Waals surface area contributed by atoms with E-state index in [1.807, 2.05) is 0 Å². The lowest BCUT2D eigenvalue weighted by Gasteiger charge is -2.31. The zero-order valence-electron chi connectivity index (χ0n) is 14.2. The third-order valence-electron chi connectivity index (χ3n) is 4.77. The molecule has 2 amide bonds. The standard InChI is InChI=1S/C18H26FN3OS/c1-13-3-2-8-22(12-13)9-7-20-18(23)21-16-6-10-24-17-5-4-14(19)11-15(16)17/h4-5,11,13,16H,2-3,6-10,12H2,1H3,(H2,20,21,23)/t13-,16-/m1/s1. The van der Waals surface area contributed by atoms with Crippen LogP contribution in [0.2, 0.25) is 0 Å². The Kier molecular flexibility index (Phi) is 6.00. The third-order valence-corrected chi connectivity index (χ3v) is 5.89. The van der Waals surface area contributed by atoms with Gasteiger partial charge in [0.1, 0.15) is 5.82 Å². The van der Waals surface area contributed by atoms with E-state index in [9.17, 15) is 9.18 Å². The summed E-state index contributed by atoms with van der Waals surface area (Å²) >= 11 is 1.72. The molecule has 0 bridgehead atoms. The fraction of sp³-hybridized carbons (Fsp3) is 0.611. The third kappa shape index (κ3) is 4.63. The number of hydrogen-bond donors (Lipinski definition) is 2. The van der Waals surface area contributed by atoms with Crippen LogP contribution in [-0.2, 0) is 0 Å². The summed E-state index contributed by atoms with van der Waals surface area (Å²) in [4.78, 5) is 15.6. The first kappa shape index (κ1) is 17.5. The number of halogens is 1. The zero-order valence-corrected chi connectivity index (χ0v) is 15.0. The van der Waals surface area contributed by atoms with Crippen molar-refractivity contribution >= 4 is 17.8 Å². The lowest BCUT2D eigenvalue weighted by molar-refractivity contribution is 0.183. The number of hydrogen-bond acceptors (Lipinski definition) is 3. The van der Waals surface area contributed by atoms with Crippen molar-refractivity contribution in [3.63, 3.8) is 0 Å². The largest absolute Gasteiger partial charge is 0.337 e. The number of thioether (sulfide) groups is 1. The molecule has 4 nitrogen and oxygen atoms in total. The highest BCUT2D eigenvalue weighted by atomic mass is 32.2. The summed E-state index contributed by atoms with van der Waals surface area (Å²) in [6.07, 6.45) is 3.38. The number of benzene rings is 1. The smallest absolute Gasteiger partial charge is 0.315 e. The Balaban J connectivity index is 1.46. The first-order valence-corrected chi connectivity index (χ1v) is 9.79.